The second-order valence-corrected chi connectivity index (χ2v) is 4.88. The number of carbonyl (C=O) groups excluding carboxylic acids is 1. The van der Waals surface area contributed by atoms with Gasteiger partial charge >= 0.3 is 0 Å². The fourth-order valence-electron chi connectivity index (χ4n) is 1.93. The van der Waals surface area contributed by atoms with Gasteiger partial charge < -0.3 is 0 Å². The smallest absolute Gasteiger partial charge is 0.268 e. The van der Waals surface area contributed by atoms with E-state index >= 15 is 0 Å². The van der Waals surface area contributed by atoms with Gasteiger partial charge in [0.05, 0.1) is 6.54 Å². The van der Waals surface area contributed by atoms with Gasteiger partial charge in [-0.15, -0.1) is 0 Å². The molecule has 80 valence electrons. The summed E-state index contributed by atoms with van der Waals surface area (Å²) in [5.74, 6) is 0.0972. The molecule has 0 fully saturated rings. The summed E-state index contributed by atoms with van der Waals surface area (Å²) in [6.45, 7) is 2.64. The molecular weight excluding hydrogens is 256 g/mol. The fraction of sp³-hybridized carbons (Fsp3) is 0.364. The summed E-state index contributed by atoms with van der Waals surface area (Å²) in [4.78, 5) is 12.0. The van der Waals surface area contributed by atoms with Gasteiger partial charge in [0.2, 0.25) is 0 Å². The van der Waals surface area contributed by atoms with E-state index in [0.717, 1.165) is 21.2 Å². The fourth-order valence-corrected chi connectivity index (χ4v) is 2.55. The minimum atomic E-state index is 0.0972. The molecule has 2 rings (SSSR count). The van der Waals surface area contributed by atoms with Gasteiger partial charge in [-0.05, 0) is 30.2 Å². The van der Waals surface area contributed by atoms with Crippen molar-refractivity contribution in [2.45, 2.75) is 13.5 Å². The minimum absolute atomic E-state index is 0.0972. The molecule has 0 aliphatic carbocycles. The standard InChI is InChI=1S/C11H13BrN2O/c1-7-4-9(12)5-8-6-14(13(2)3)11(15)10(7)8/h4-5H,6H2,1-3H3. The number of benzene rings is 1. The molecule has 0 radical (unpaired) electrons. The van der Waals surface area contributed by atoms with E-state index < -0.39 is 0 Å². The quantitative estimate of drug-likeness (QED) is 0.780. The third kappa shape index (κ3) is 1.68. The van der Waals surface area contributed by atoms with Crippen molar-refractivity contribution < 1.29 is 4.79 Å². The Labute approximate surface area is 97.8 Å². The highest BCUT2D eigenvalue weighted by Crippen LogP contribution is 2.29. The van der Waals surface area contributed by atoms with Gasteiger partial charge in [-0.3, -0.25) is 9.80 Å². The van der Waals surface area contributed by atoms with E-state index in [1.807, 2.05) is 38.2 Å². The average Bonchev–Trinajstić information content (AvgIpc) is 2.42. The zero-order valence-corrected chi connectivity index (χ0v) is 10.6. The lowest BCUT2D eigenvalue weighted by Crippen LogP contribution is -2.36. The summed E-state index contributed by atoms with van der Waals surface area (Å²) < 4.78 is 1.03. The van der Waals surface area contributed by atoms with Crippen molar-refractivity contribution in [3.8, 4) is 0 Å². The van der Waals surface area contributed by atoms with Crippen LogP contribution in [0, 0.1) is 6.92 Å². The van der Waals surface area contributed by atoms with Crippen LogP contribution in [-0.2, 0) is 6.54 Å². The minimum Gasteiger partial charge on any atom is -0.268 e. The maximum Gasteiger partial charge on any atom is 0.269 e. The van der Waals surface area contributed by atoms with E-state index in [1.54, 1.807) is 5.01 Å². The summed E-state index contributed by atoms with van der Waals surface area (Å²) >= 11 is 3.45. The van der Waals surface area contributed by atoms with Crippen LogP contribution < -0.4 is 0 Å². The Bertz CT molecular complexity index is 429. The molecule has 15 heavy (non-hydrogen) atoms. The topological polar surface area (TPSA) is 23.6 Å². The van der Waals surface area contributed by atoms with E-state index in [0.29, 0.717) is 6.54 Å². The predicted molar refractivity (Wildman–Crippen MR) is 62.4 cm³/mol. The molecule has 1 aliphatic heterocycles. The third-order valence-electron chi connectivity index (χ3n) is 2.63. The van der Waals surface area contributed by atoms with E-state index in [4.69, 9.17) is 0 Å². The number of fused-ring (bicyclic) bond motifs is 1. The van der Waals surface area contributed by atoms with Crippen molar-refractivity contribution in [3.05, 3.63) is 33.3 Å². The SMILES string of the molecule is Cc1cc(Br)cc2c1C(=O)N(N(C)C)C2. The maximum atomic E-state index is 12.0. The second-order valence-electron chi connectivity index (χ2n) is 3.97. The summed E-state index contributed by atoms with van der Waals surface area (Å²) in [7, 11) is 3.77. The summed E-state index contributed by atoms with van der Waals surface area (Å²) in [6.07, 6.45) is 0. The Morgan fingerprint density at radius 2 is 2.07 bits per heavy atom. The molecular formula is C11H13BrN2O. The molecule has 0 spiro atoms. The van der Waals surface area contributed by atoms with Gasteiger partial charge in [-0.2, -0.15) is 0 Å². The Morgan fingerprint density at radius 3 is 2.67 bits per heavy atom. The van der Waals surface area contributed by atoms with E-state index in [9.17, 15) is 4.79 Å². The van der Waals surface area contributed by atoms with Gasteiger partial charge in [0.1, 0.15) is 0 Å². The van der Waals surface area contributed by atoms with Gasteiger partial charge in [-0.1, -0.05) is 15.9 Å². The Kier molecular flexibility index (Phi) is 2.56. The molecule has 1 aliphatic rings. The summed E-state index contributed by atoms with van der Waals surface area (Å²) in [5, 5.41) is 3.57. The molecule has 1 aromatic carbocycles. The number of halogens is 1. The lowest BCUT2D eigenvalue weighted by molar-refractivity contribution is 0.0223. The number of aryl methyl sites for hydroxylation is 1. The lowest BCUT2D eigenvalue weighted by atomic mass is 10.0. The predicted octanol–water partition coefficient (Wildman–Crippen LogP) is 2.19. The third-order valence-corrected chi connectivity index (χ3v) is 3.09. The second kappa shape index (κ2) is 3.61. The highest BCUT2D eigenvalue weighted by molar-refractivity contribution is 9.10. The first-order valence-electron chi connectivity index (χ1n) is 4.79. The average molecular weight is 269 g/mol. The van der Waals surface area contributed by atoms with Gasteiger partial charge in [0.15, 0.2) is 0 Å². The number of hydrazine groups is 1. The molecule has 0 saturated heterocycles. The molecule has 0 bridgehead atoms. The molecule has 0 aromatic heterocycles. The lowest BCUT2D eigenvalue weighted by Gasteiger charge is -2.23. The van der Waals surface area contributed by atoms with Crippen LogP contribution in [-0.4, -0.2) is 30.0 Å². The van der Waals surface area contributed by atoms with Crippen LogP contribution in [0.1, 0.15) is 21.5 Å². The van der Waals surface area contributed by atoms with Crippen molar-refractivity contribution in [1.29, 1.82) is 0 Å². The van der Waals surface area contributed by atoms with Crippen molar-refractivity contribution in [3.63, 3.8) is 0 Å². The molecule has 0 atom stereocenters. The zero-order valence-electron chi connectivity index (χ0n) is 9.04. The van der Waals surface area contributed by atoms with Crippen LogP contribution in [0.5, 0.6) is 0 Å². The largest absolute Gasteiger partial charge is 0.269 e. The van der Waals surface area contributed by atoms with Gasteiger partial charge in [-0.25, -0.2) is 5.01 Å². The van der Waals surface area contributed by atoms with Gasteiger partial charge in [0.25, 0.3) is 5.91 Å². The van der Waals surface area contributed by atoms with Crippen LogP contribution in [0.4, 0.5) is 0 Å². The van der Waals surface area contributed by atoms with Crippen LogP contribution in [0.2, 0.25) is 0 Å². The highest BCUT2D eigenvalue weighted by atomic mass is 79.9. The Hall–Kier alpha value is -0.870. The number of hydrogen-bond acceptors (Lipinski definition) is 2. The van der Waals surface area contributed by atoms with Crippen LogP contribution in [0.3, 0.4) is 0 Å². The van der Waals surface area contributed by atoms with Crippen LogP contribution in [0.15, 0.2) is 16.6 Å². The summed E-state index contributed by atoms with van der Waals surface area (Å²) in [5.41, 5.74) is 2.99. The van der Waals surface area contributed by atoms with Crippen molar-refractivity contribution in [2.75, 3.05) is 14.1 Å². The molecule has 0 saturated carbocycles. The first kappa shape index (κ1) is 10.6. The van der Waals surface area contributed by atoms with Crippen LogP contribution in [0.25, 0.3) is 0 Å². The monoisotopic (exact) mass is 268 g/mol. The van der Waals surface area contributed by atoms with E-state index in [-0.39, 0.29) is 5.91 Å². The van der Waals surface area contributed by atoms with Crippen molar-refractivity contribution in [2.24, 2.45) is 0 Å². The normalized spacial score (nSPS) is 15.0. The zero-order chi connectivity index (χ0) is 11.2. The molecule has 1 heterocycles. The van der Waals surface area contributed by atoms with Crippen LogP contribution >= 0.6 is 15.9 Å². The maximum absolute atomic E-state index is 12.0. The number of nitrogens with zero attached hydrogens (tertiary/aromatic N) is 2. The summed E-state index contributed by atoms with van der Waals surface area (Å²) in [6, 6.07) is 4.00. The molecule has 0 N–H and O–H groups in total. The molecule has 0 unspecified atom stereocenters. The van der Waals surface area contributed by atoms with E-state index in [2.05, 4.69) is 15.9 Å². The highest BCUT2D eigenvalue weighted by Gasteiger charge is 2.30. The number of carbonyl (C=O) groups is 1. The molecule has 1 aromatic rings. The number of rotatable bonds is 1. The Balaban J connectivity index is 2.50. The molecule has 1 amide bonds. The van der Waals surface area contributed by atoms with Crippen molar-refractivity contribution >= 4 is 21.8 Å². The molecule has 3 nitrogen and oxygen atoms in total. The molecule has 4 heteroatoms. The van der Waals surface area contributed by atoms with E-state index in [1.165, 1.54) is 0 Å². The first-order chi connectivity index (χ1) is 7.00. The first-order valence-corrected chi connectivity index (χ1v) is 5.58. The van der Waals surface area contributed by atoms with Crippen molar-refractivity contribution in [1.82, 2.24) is 10.0 Å². The van der Waals surface area contributed by atoms with Gasteiger partial charge in [0, 0.05) is 24.1 Å². The number of hydrogen-bond donors (Lipinski definition) is 0. The Morgan fingerprint density at radius 1 is 1.40 bits per heavy atom. The number of amides is 1.